The molecule has 0 rings (SSSR count). The second-order valence-corrected chi connectivity index (χ2v) is 9.28. The summed E-state index contributed by atoms with van der Waals surface area (Å²) >= 11 is 9.82. The van der Waals surface area contributed by atoms with Crippen LogP contribution >= 0.6 is 48.6 Å². The summed E-state index contributed by atoms with van der Waals surface area (Å²) in [6.45, 7) is 6.79. The van der Waals surface area contributed by atoms with Crippen LogP contribution in [0.1, 0.15) is 106 Å². The van der Waals surface area contributed by atoms with Crippen LogP contribution in [0.5, 0.6) is 0 Å². The Hall–Kier alpha value is 2.34. The van der Waals surface area contributed by atoms with Crippen LogP contribution < -0.4 is 29.6 Å². The maximum Gasteiger partial charge on any atom is 1.00 e. The van der Waals surface area contributed by atoms with E-state index in [1.54, 1.807) is 0 Å². The Balaban J connectivity index is -0.000000108. The maximum absolute atomic E-state index is 5.58. The van der Waals surface area contributed by atoms with Crippen LogP contribution in [0.15, 0.2) is 0 Å². The predicted molar refractivity (Wildman–Crippen MR) is 134 cm³/mol. The second kappa shape index (κ2) is 38.0. The van der Waals surface area contributed by atoms with Gasteiger partial charge in [0.25, 0.3) is 0 Å². The van der Waals surface area contributed by atoms with Crippen LogP contribution in [0, 0.1) is 0 Å². The zero-order valence-corrected chi connectivity index (χ0v) is 23.8. The largest absolute Gasteiger partial charge is 1.00 e. The van der Waals surface area contributed by atoms with E-state index in [9.17, 15) is 0 Å². The molecule has 0 aliphatic heterocycles. The average Bonchev–Trinajstić information content (AvgIpc) is 2.60. The summed E-state index contributed by atoms with van der Waals surface area (Å²) in [5.74, 6) is 6.31. The molecule has 0 atom stereocenters. The SMILES string of the molecule is CCCCCCCSCCCC.CCCCSCCCCCCCl.S.[H-].[Na+]. The van der Waals surface area contributed by atoms with E-state index < -0.39 is 0 Å². The molecule has 0 aliphatic rings. The van der Waals surface area contributed by atoms with Crippen molar-refractivity contribution in [1.82, 2.24) is 0 Å². The molecule has 0 aromatic carbocycles. The molecule has 0 aromatic heterocycles. The minimum atomic E-state index is 0. The van der Waals surface area contributed by atoms with Crippen LogP contribution in [-0.4, -0.2) is 28.9 Å². The van der Waals surface area contributed by atoms with E-state index in [1.807, 2.05) is 0 Å². The number of alkyl halides is 1. The Labute approximate surface area is 211 Å². The molecule has 0 nitrogen and oxygen atoms in total. The Kier molecular flexibility index (Phi) is 52.3. The third-order valence-electron chi connectivity index (χ3n) is 3.85. The van der Waals surface area contributed by atoms with E-state index >= 15 is 0 Å². The molecular weight excluding hydrogens is 407 g/mol. The van der Waals surface area contributed by atoms with Crippen molar-refractivity contribution in [3.63, 3.8) is 0 Å². The summed E-state index contributed by atoms with van der Waals surface area (Å²) in [5.41, 5.74) is 0. The van der Waals surface area contributed by atoms with Crippen molar-refractivity contribution in [2.45, 2.75) is 104 Å². The van der Waals surface area contributed by atoms with Gasteiger partial charge in [-0.15, -0.1) is 11.6 Å². The molecule has 0 bridgehead atoms. The van der Waals surface area contributed by atoms with Crippen LogP contribution in [-0.2, 0) is 0 Å². The number of hydrogen-bond donors (Lipinski definition) is 0. The Morgan fingerprint density at radius 1 is 0.538 bits per heavy atom. The quantitative estimate of drug-likeness (QED) is 0.141. The van der Waals surface area contributed by atoms with Gasteiger partial charge in [-0.1, -0.05) is 72.1 Å². The number of rotatable bonds is 18. The van der Waals surface area contributed by atoms with Gasteiger partial charge in [-0.2, -0.15) is 37.0 Å². The molecule has 0 aliphatic carbocycles. The molecule has 0 N–H and O–H groups in total. The van der Waals surface area contributed by atoms with E-state index in [0.29, 0.717) is 0 Å². The summed E-state index contributed by atoms with van der Waals surface area (Å²) in [6, 6.07) is 0. The molecular formula is C21H48ClNaS3. The molecule has 0 radical (unpaired) electrons. The molecule has 26 heavy (non-hydrogen) atoms. The first kappa shape index (κ1) is 35.8. The summed E-state index contributed by atoms with van der Waals surface area (Å²) < 4.78 is 0. The number of hydrogen-bond acceptors (Lipinski definition) is 2. The number of thioether (sulfide) groups is 2. The normalized spacial score (nSPS) is 9.69. The van der Waals surface area contributed by atoms with Crippen molar-refractivity contribution in [2.75, 3.05) is 28.9 Å². The molecule has 0 saturated carbocycles. The third-order valence-corrected chi connectivity index (χ3v) is 6.43. The average molecular weight is 455 g/mol. The van der Waals surface area contributed by atoms with Crippen molar-refractivity contribution >= 4 is 48.6 Å². The molecule has 0 saturated heterocycles. The summed E-state index contributed by atoms with van der Waals surface area (Å²) in [4.78, 5) is 0. The van der Waals surface area contributed by atoms with Crippen LogP contribution in [0.3, 0.4) is 0 Å². The van der Waals surface area contributed by atoms with Crippen molar-refractivity contribution in [3.05, 3.63) is 0 Å². The first-order valence-electron chi connectivity index (χ1n) is 10.5. The molecule has 0 unspecified atom stereocenters. The number of unbranched alkanes of at least 4 members (excludes halogenated alkanes) is 9. The molecule has 0 heterocycles. The topological polar surface area (TPSA) is 0 Å². The summed E-state index contributed by atoms with van der Waals surface area (Å²) in [6.07, 6.45) is 17.9. The molecule has 0 aromatic rings. The van der Waals surface area contributed by atoms with E-state index in [2.05, 4.69) is 44.3 Å². The Morgan fingerprint density at radius 2 is 0.885 bits per heavy atom. The fraction of sp³-hybridized carbons (Fsp3) is 1.00. The molecule has 0 spiro atoms. The standard InChI is InChI=1S/C11H24S.C10H21ClS.Na.H2S.H/c1-3-5-7-8-9-11-12-10-6-4-2;1-2-3-9-12-10-7-5-4-6-8-11;;;/h3-11H2,1-2H3;2-10H2,1H3;;1H2;/q;;+1;;-1. The van der Waals surface area contributed by atoms with Gasteiger partial charge >= 0.3 is 29.6 Å². The molecule has 158 valence electrons. The minimum Gasteiger partial charge on any atom is -1.00 e. The predicted octanol–water partition coefficient (Wildman–Crippen LogP) is 6.04. The summed E-state index contributed by atoms with van der Waals surface area (Å²) in [7, 11) is 0. The van der Waals surface area contributed by atoms with Gasteiger partial charge in [-0.3, -0.25) is 0 Å². The van der Waals surface area contributed by atoms with Crippen molar-refractivity contribution < 1.29 is 31.0 Å². The molecule has 5 heteroatoms. The first-order valence-corrected chi connectivity index (χ1v) is 13.4. The van der Waals surface area contributed by atoms with Gasteiger partial charge in [-0.05, 0) is 55.1 Å². The van der Waals surface area contributed by atoms with E-state index in [1.165, 1.54) is 106 Å². The zero-order chi connectivity index (χ0) is 18.1. The molecule has 0 fully saturated rings. The summed E-state index contributed by atoms with van der Waals surface area (Å²) in [5, 5.41) is 0. The van der Waals surface area contributed by atoms with Gasteiger partial charge in [-0.25, -0.2) is 0 Å². The minimum absolute atomic E-state index is 0. The van der Waals surface area contributed by atoms with Crippen molar-refractivity contribution in [1.29, 1.82) is 0 Å². The first-order chi connectivity index (χ1) is 11.8. The number of halogens is 1. The van der Waals surface area contributed by atoms with Gasteiger partial charge in [0, 0.05) is 5.88 Å². The van der Waals surface area contributed by atoms with Crippen LogP contribution in [0.4, 0.5) is 0 Å². The van der Waals surface area contributed by atoms with E-state index in [-0.39, 0.29) is 44.5 Å². The van der Waals surface area contributed by atoms with Crippen LogP contribution in [0.25, 0.3) is 0 Å². The van der Waals surface area contributed by atoms with Gasteiger partial charge in [0.2, 0.25) is 0 Å². The third kappa shape index (κ3) is 40.9. The van der Waals surface area contributed by atoms with Gasteiger partial charge in [0.15, 0.2) is 0 Å². The Bertz CT molecular complexity index is 164. The smallest absolute Gasteiger partial charge is 1.00 e. The van der Waals surface area contributed by atoms with Crippen LogP contribution in [0.2, 0.25) is 0 Å². The van der Waals surface area contributed by atoms with Gasteiger partial charge in [0.1, 0.15) is 0 Å². The van der Waals surface area contributed by atoms with Gasteiger partial charge < -0.3 is 1.43 Å². The van der Waals surface area contributed by atoms with E-state index in [0.717, 1.165) is 5.88 Å². The fourth-order valence-electron chi connectivity index (χ4n) is 2.16. The van der Waals surface area contributed by atoms with E-state index in [4.69, 9.17) is 11.6 Å². The van der Waals surface area contributed by atoms with Gasteiger partial charge in [0.05, 0.1) is 0 Å². The second-order valence-electron chi connectivity index (χ2n) is 6.45. The Morgan fingerprint density at radius 3 is 1.27 bits per heavy atom. The zero-order valence-electron chi connectivity index (χ0n) is 19.4. The monoisotopic (exact) mass is 454 g/mol. The maximum atomic E-state index is 5.58. The fourth-order valence-corrected chi connectivity index (χ4v) is 4.56. The van der Waals surface area contributed by atoms with Crippen molar-refractivity contribution in [3.8, 4) is 0 Å². The van der Waals surface area contributed by atoms with Crippen molar-refractivity contribution in [2.24, 2.45) is 0 Å². The molecule has 0 amide bonds.